The summed E-state index contributed by atoms with van der Waals surface area (Å²) in [4.78, 5) is 0. The van der Waals surface area contributed by atoms with Gasteiger partial charge in [0, 0.05) is 5.54 Å². The summed E-state index contributed by atoms with van der Waals surface area (Å²) in [5.74, 6) is 0.295. The second kappa shape index (κ2) is 6.28. The minimum atomic E-state index is -3.07. The van der Waals surface area contributed by atoms with E-state index in [1.54, 1.807) is 0 Å². The van der Waals surface area contributed by atoms with Gasteiger partial charge in [-0.05, 0) is 46.5 Å². The molecule has 0 aromatic rings. The van der Waals surface area contributed by atoms with E-state index in [-0.39, 0.29) is 10.00 Å². The molecule has 0 spiro atoms. The Kier molecular flexibility index (Phi) is 5.21. The van der Waals surface area contributed by atoms with Gasteiger partial charge in [0.2, 0.25) is 0 Å². The summed E-state index contributed by atoms with van der Waals surface area (Å²) in [6, 6.07) is 0. The van der Waals surface area contributed by atoms with Crippen molar-refractivity contribution in [3.05, 3.63) is 0 Å². The maximum absolute atomic E-state index is 12.6. The van der Waals surface area contributed by atoms with Crippen LogP contribution >= 0.6 is 0 Å². The third-order valence-corrected chi connectivity index (χ3v) is 8.91. The molecule has 2 fully saturated rings. The third-order valence-electron chi connectivity index (χ3n) is 4.79. The van der Waals surface area contributed by atoms with Crippen LogP contribution in [0.1, 0.15) is 72.1 Å². The van der Waals surface area contributed by atoms with Crippen LogP contribution in [0.25, 0.3) is 0 Å². The summed E-state index contributed by atoms with van der Waals surface area (Å²) >= 11 is 0. The lowest BCUT2D eigenvalue weighted by Gasteiger charge is -2.45. The average Bonchev–Trinajstić information content (AvgIpc) is 2.38. The van der Waals surface area contributed by atoms with Crippen LogP contribution in [0.15, 0.2) is 0 Å². The number of hydrogen-bond donors (Lipinski definition) is 1. The van der Waals surface area contributed by atoms with E-state index in [9.17, 15) is 12.6 Å². The highest BCUT2D eigenvalue weighted by atomic mass is 32.2. The maximum atomic E-state index is 12.6. The molecule has 1 N–H and O–H groups in total. The number of nitrogens with one attached hydrogen (secondary N) is 1. The highest BCUT2D eigenvalue weighted by molar-refractivity contribution is 7.92. The zero-order chi connectivity index (χ0) is 15.7. The van der Waals surface area contributed by atoms with Crippen molar-refractivity contribution >= 4 is 20.8 Å². The van der Waals surface area contributed by atoms with E-state index in [0.717, 1.165) is 51.4 Å². The van der Waals surface area contributed by atoms with Gasteiger partial charge in [-0.15, -0.1) is 0 Å². The molecule has 1 saturated heterocycles. The van der Waals surface area contributed by atoms with Crippen LogP contribution in [-0.2, 0) is 20.8 Å². The van der Waals surface area contributed by atoms with Crippen molar-refractivity contribution in [2.24, 2.45) is 0 Å². The van der Waals surface area contributed by atoms with Gasteiger partial charge in [-0.25, -0.2) is 17.3 Å². The van der Waals surface area contributed by atoms with E-state index in [1.165, 1.54) is 0 Å². The number of hydrogen-bond acceptors (Lipinski definition) is 3. The Morgan fingerprint density at radius 1 is 1.05 bits per heavy atom. The molecule has 0 aromatic carbocycles. The standard InChI is InChI=1S/C15H29NO3S2/c1-14(2,3)20(17)16-15(10-6-4-7-11-15)13-9-5-8-12-21(13,18)19/h13,16H,4-12H2,1-3H3/t13-,20+/m1/s1. The Hall–Kier alpha value is 0.0600. The van der Waals surface area contributed by atoms with Gasteiger partial charge in [0.1, 0.15) is 0 Å². The van der Waals surface area contributed by atoms with E-state index in [1.807, 2.05) is 20.8 Å². The summed E-state index contributed by atoms with van der Waals surface area (Å²) in [6.45, 7) is 5.80. The van der Waals surface area contributed by atoms with E-state index in [2.05, 4.69) is 4.72 Å². The first kappa shape index (κ1) is 17.4. The van der Waals surface area contributed by atoms with Crippen LogP contribution in [0.4, 0.5) is 0 Å². The molecule has 2 rings (SSSR count). The Bertz CT molecular complexity index is 488. The van der Waals surface area contributed by atoms with E-state index in [0.29, 0.717) is 5.75 Å². The fourth-order valence-corrected chi connectivity index (χ4v) is 7.08. The maximum Gasteiger partial charge on any atom is 0.155 e. The molecule has 0 bridgehead atoms. The van der Waals surface area contributed by atoms with Crippen LogP contribution in [0.2, 0.25) is 0 Å². The van der Waals surface area contributed by atoms with Crippen molar-refractivity contribution < 1.29 is 12.6 Å². The van der Waals surface area contributed by atoms with Crippen molar-refractivity contribution in [2.75, 3.05) is 5.75 Å². The molecule has 1 saturated carbocycles. The number of rotatable bonds is 3. The van der Waals surface area contributed by atoms with Gasteiger partial charge in [-0.1, -0.05) is 25.7 Å². The summed E-state index contributed by atoms with van der Waals surface area (Å²) < 4.78 is 40.7. The van der Waals surface area contributed by atoms with Crippen molar-refractivity contribution in [2.45, 2.75) is 87.7 Å². The monoisotopic (exact) mass is 335 g/mol. The van der Waals surface area contributed by atoms with E-state index in [4.69, 9.17) is 0 Å². The van der Waals surface area contributed by atoms with Gasteiger partial charge in [0.05, 0.1) is 26.7 Å². The summed E-state index contributed by atoms with van der Waals surface area (Å²) in [5, 5.41) is -0.356. The first-order valence-corrected chi connectivity index (χ1v) is 11.0. The minimum Gasteiger partial charge on any atom is -0.242 e. The van der Waals surface area contributed by atoms with Gasteiger partial charge in [-0.2, -0.15) is 0 Å². The molecule has 4 nitrogen and oxygen atoms in total. The normalized spacial score (nSPS) is 30.7. The van der Waals surface area contributed by atoms with E-state index >= 15 is 0 Å². The van der Waals surface area contributed by atoms with Gasteiger partial charge in [0.25, 0.3) is 0 Å². The van der Waals surface area contributed by atoms with Crippen molar-refractivity contribution in [3.63, 3.8) is 0 Å². The zero-order valence-corrected chi connectivity index (χ0v) is 15.1. The van der Waals surface area contributed by atoms with Gasteiger partial charge in [0.15, 0.2) is 9.84 Å². The molecule has 0 radical (unpaired) electrons. The smallest absolute Gasteiger partial charge is 0.155 e. The van der Waals surface area contributed by atoms with Crippen LogP contribution in [0, 0.1) is 0 Å². The quantitative estimate of drug-likeness (QED) is 0.862. The fourth-order valence-electron chi connectivity index (χ4n) is 3.58. The fraction of sp³-hybridized carbons (Fsp3) is 1.00. The lowest BCUT2D eigenvalue weighted by Crippen LogP contribution is -2.61. The molecule has 124 valence electrons. The van der Waals surface area contributed by atoms with Crippen LogP contribution in [0.3, 0.4) is 0 Å². The molecule has 1 aliphatic heterocycles. The number of sulfone groups is 1. The van der Waals surface area contributed by atoms with Gasteiger partial charge in [-0.3, -0.25) is 0 Å². The Morgan fingerprint density at radius 2 is 1.67 bits per heavy atom. The molecular weight excluding hydrogens is 306 g/mol. The molecular formula is C15H29NO3S2. The first-order valence-electron chi connectivity index (χ1n) is 8.09. The minimum absolute atomic E-state index is 0.295. The molecule has 2 atom stereocenters. The predicted octanol–water partition coefficient (Wildman–Crippen LogP) is 2.71. The molecule has 6 heteroatoms. The second-order valence-corrected chi connectivity index (χ2v) is 11.8. The lowest BCUT2D eigenvalue weighted by atomic mass is 9.78. The zero-order valence-electron chi connectivity index (χ0n) is 13.5. The van der Waals surface area contributed by atoms with Crippen LogP contribution in [0.5, 0.6) is 0 Å². The van der Waals surface area contributed by atoms with Crippen molar-refractivity contribution in [1.82, 2.24) is 4.72 Å². The molecule has 21 heavy (non-hydrogen) atoms. The molecule has 0 unspecified atom stereocenters. The van der Waals surface area contributed by atoms with Gasteiger partial charge < -0.3 is 0 Å². The SMILES string of the molecule is CC(C)(C)[S@](=O)NC1([C@H]2CCCCS2(=O)=O)CCCCC1. The van der Waals surface area contributed by atoms with Crippen molar-refractivity contribution in [3.8, 4) is 0 Å². The van der Waals surface area contributed by atoms with Crippen molar-refractivity contribution in [1.29, 1.82) is 0 Å². The summed E-state index contributed by atoms with van der Waals surface area (Å²) in [6.07, 6.45) is 7.33. The summed E-state index contributed by atoms with van der Waals surface area (Å²) in [5.41, 5.74) is -0.477. The largest absolute Gasteiger partial charge is 0.242 e. The predicted molar refractivity (Wildman–Crippen MR) is 88.3 cm³/mol. The highest BCUT2D eigenvalue weighted by Gasteiger charge is 2.48. The third kappa shape index (κ3) is 3.88. The Labute approximate surface area is 132 Å². The molecule has 1 heterocycles. The first-order chi connectivity index (χ1) is 9.67. The second-order valence-electron chi connectivity index (χ2n) is 7.55. The van der Waals surface area contributed by atoms with E-state index < -0.39 is 26.4 Å². The van der Waals surface area contributed by atoms with Crippen LogP contribution in [-0.4, -0.2) is 33.9 Å². The van der Waals surface area contributed by atoms with Gasteiger partial charge >= 0.3 is 0 Å². The highest BCUT2D eigenvalue weighted by Crippen LogP contribution is 2.39. The van der Waals surface area contributed by atoms with Crippen LogP contribution < -0.4 is 4.72 Å². The average molecular weight is 336 g/mol. The molecule has 2 aliphatic rings. The molecule has 0 aromatic heterocycles. The summed E-state index contributed by atoms with van der Waals surface area (Å²) in [7, 11) is -4.29. The lowest BCUT2D eigenvalue weighted by molar-refractivity contribution is 0.245. The molecule has 0 amide bonds. The molecule has 1 aliphatic carbocycles. The topological polar surface area (TPSA) is 63.2 Å². The Balaban J connectivity index is 2.31. The Morgan fingerprint density at radius 3 is 2.19 bits per heavy atom.